The lowest BCUT2D eigenvalue weighted by Gasteiger charge is -2.16. The minimum atomic E-state index is -0.514. The lowest BCUT2D eigenvalue weighted by molar-refractivity contribution is -0.151. The van der Waals surface area contributed by atoms with Gasteiger partial charge in [0, 0.05) is 24.0 Å². The highest BCUT2D eigenvalue weighted by Crippen LogP contribution is 2.25. The van der Waals surface area contributed by atoms with E-state index in [0.717, 1.165) is 40.5 Å². The molecule has 1 aromatic carbocycles. The van der Waals surface area contributed by atoms with Crippen LogP contribution in [-0.4, -0.2) is 48.9 Å². The van der Waals surface area contributed by atoms with Gasteiger partial charge in [-0.05, 0) is 49.9 Å². The van der Waals surface area contributed by atoms with Crippen LogP contribution in [0.2, 0.25) is 0 Å². The summed E-state index contributed by atoms with van der Waals surface area (Å²) in [6, 6.07) is 4.16. The zero-order valence-corrected chi connectivity index (χ0v) is 15.8. The van der Waals surface area contributed by atoms with Gasteiger partial charge in [0.05, 0.1) is 19.2 Å². The third-order valence-electron chi connectivity index (χ3n) is 4.71. The standard InChI is InChI=1S/C20H24N2O5/c1-12-6-16-14(10-26-17(16)7-13(12)2)8-20(25)27-11-19(24)22(3)9-18(23)21-15-4-5-15/h6-7,10,15H,4-5,8-9,11H2,1-3H3,(H,21,23). The number of rotatable bonds is 7. The molecule has 0 aliphatic heterocycles. The molecule has 0 saturated heterocycles. The van der Waals surface area contributed by atoms with Gasteiger partial charge in [0.25, 0.3) is 5.91 Å². The summed E-state index contributed by atoms with van der Waals surface area (Å²) in [5, 5.41) is 3.68. The second-order valence-electron chi connectivity index (χ2n) is 7.12. The zero-order valence-electron chi connectivity index (χ0n) is 15.8. The molecule has 2 aromatic rings. The summed E-state index contributed by atoms with van der Waals surface area (Å²) in [7, 11) is 1.51. The van der Waals surface area contributed by atoms with Crippen LogP contribution in [0, 0.1) is 13.8 Å². The molecule has 1 aromatic heterocycles. The molecule has 1 aliphatic carbocycles. The number of carbonyl (C=O) groups is 3. The Morgan fingerprint density at radius 3 is 2.63 bits per heavy atom. The maximum atomic E-state index is 12.1. The molecule has 0 bridgehead atoms. The van der Waals surface area contributed by atoms with E-state index in [9.17, 15) is 14.4 Å². The van der Waals surface area contributed by atoms with Crippen molar-refractivity contribution in [3.05, 3.63) is 35.1 Å². The average molecular weight is 372 g/mol. The van der Waals surface area contributed by atoms with Gasteiger partial charge < -0.3 is 19.4 Å². The summed E-state index contributed by atoms with van der Waals surface area (Å²) < 4.78 is 10.6. The van der Waals surface area contributed by atoms with Gasteiger partial charge in [-0.25, -0.2) is 0 Å². The fourth-order valence-electron chi connectivity index (χ4n) is 2.74. The fourth-order valence-corrected chi connectivity index (χ4v) is 2.74. The molecule has 0 spiro atoms. The van der Waals surface area contributed by atoms with E-state index >= 15 is 0 Å². The Hall–Kier alpha value is -2.83. The number of nitrogens with one attached hydrogen (secondary N) is 1. The monoisotopic (exact) mass is 372 g/mol. The first-order chi connectivity index (χ1) is 12.8. The first-order valence-electron chi connectivity index (χ1n) is 8.99. The second kappa shape index (κ2) is 7.82. The van der Waals surface area contributed by atoms with Gasteiger partial charge in [0.15, 0.2) is 6.61 Å². The van der Waals surface area contributed by atoms with E-state index in [4.69, 9.17) is 9.15 Å². The number of fused-ring (bicyclic) bond motifs is 1. The fraction of sp³-hybridized carbons (Fsp3) is 0.450. The Morgan fingerprint density at radius 2 is 1.93 bits per heavy atom. The van der Waals surface area contributed by atoms with Crippen molar-refractivity contribution < 1.29 is 23.5 Å². The number of furan rings is 1. The maximum Gasteiger partial charge on any atom is 0.310 e. The molecule has 7 heteroatoms. The van der Waals surface area contributed by atoms with Gasteiger partial charge in [0.2, 0.25) is 5.91 Å². The molecular formula is C20H24N2O5. The summed E-state index contributed by atoms with van der Waals surface area (Å²) >= 11 is 0. The van der Waals surface area contributed by atoms with Crippen LogP contribution in [-0.2, 0) is 25.5 Å². The lowest BCUT2D eigenvalue weighted by atomic mass is 10.0. The van der Waals surface area contributed by atoms with Gasteiger partial charge in [0.1, 0.15) is 5.58 Å². The van der Waals surface area contributed by atoms with Crippen molar-refractivity contribution >= 4 is 28.8 Å². The van der Waals surface area contributed by atoms with Crippen LogP contribution >= 0.6 is 0 Å². The number of esters is 1. The summed E-state index contributed by atoms with van der Waals surface area (Å²) in [4.78, 5) is 37.1. The Kier molecular flexibility index (Phi) is 5.48. The summed E-state index contributed by atoms with van der Waals surface area (Å²) in [6.07, 6.45) is 3.54. The molecule has 1 aliphatic rings. The molecule has 1 N–H and O–H groups in total. The predicted octanol–water partition coefficient (Wildman–Crippen LogP) is 1.87. The second-order valence-corrected chi connectivity index (χ2v) is 7.12. The summed E-state index contributed by atoms with van der Waals surface area (Å²) in [5.41, 5.74) is 3.67. The van der Waals surface area contributed by atoms with Crippen LogP contribution in [0.5, 0.6) is 0 Å². The molecule has 0 unspecified atom stereocenters. The van der Waals surface area contributed by atoms with E-state index in [1.807, 2.05) is 26.0 Å². The number of hydrogen-bond acceptors (Lipinski definition) is 5. The van der Waals surface area contributed by atoms with Crippen LogP contribution < -0.4 is 5.32 Å². The quantitative estimate of drug-likeness (QED) is 0.750. The molecule has 0 radical (unpaired) electrons. The molecule has 7 nitrogen and oxygen atoms in total. The van der Waals surface area contributed by atoms with Crippen molar-refractivity contribution in [3.63, 3.8) is 0 Å². The molecule has 27 heavy (non-hydrogen) atoms. The molecule has 0 atom stereocenters. The molecule has 144 valence electrons. The third-order valence-corrected chi connectivity index (χ3v) is 4.71. The van der Waals surface area contributed by atoms with Gasteiger partial charge in [-0.15, -0.1) is 0 Å². The van der Waals surface area contributed by atoms with E-state index in [-0.39, 0.29) is 31.5 Å². The van der Waals surface area contributed by atoms with Gasteiger partial charge in [-0.3, -0.25) is 14.4 Å². The van der Waals surface area contributed by atoms with Crippen molar-refractivity contribution in [3.8, 4) is 0 Å². The first-order valence-corrected chi connectivity index (χ1v) is 8.99. The molecule has 3 rings (SSSR count). The van der Waals surface area contributed by atoms with E-state index < -0.39 is 11.9 Å². The van der Waals surface area contributed by atoms with Crippen LogP contribution in [0.25, 0.3) is 11.0 Å². The molecule has 1 heterocycles. The minimum Gasteiger partial charge on any atom is -0.464 e. The number of hydrogen-bond donors (Lipinski definition) is 1. The van der Waals surface area contributed by atoms with Crippen LogP contribution in [0.1, 0.15) is 29.5 Å². The number of carbonyl (C=O) groups excluding carboxylic acids is 3. The maximum absolute atomic E-state index is 12.1. The van der Waals surface area contributed by atoms with Crippen molar-refractivity contribution in [2.24, 2.45) is 0 Å². The number of aryl methyl sites for hydroxylation is 2. The Bertz CT molecular complexity index is 882. The largest absolute Gasteiger partial charge is 0.464 e. The number of ether oxygens (including phenoxy) is 1. The summed E-state index contributed by atoms with van der Waals surface area (Å²) in [6.45, 7) is 3.56. The molecule has 1 fully saturated rings. The molecular weight excluding hydrogens is 348 g/mol. The van der Waals surface area contributed by atoms with Crippen LogP contribution in [0.4, 0.5) is 0 Å². The number of benzene rings is 1. The Balaban J connectivity index is 1.49. The number of amides is 2. The normalized spacial score (nSPS) is 13.4. The average Bonchev–Trinajstić information content (AvgIpc) is 3.35. The SMILES string of the molecule is Cc1cc2occ(CC(=O)OCC(=O)N(C)CC(=O)NC3CC3)c2cc1C. The van der Waals surface area contributed by atoms with Crippen LogP contribution in [0.3, 0.4) is 0 Å². The minimum absolute atomic E-state index is 0.0225. The van der Waals surface area contributed by atoms with Crippen molar-refractivity contribution in [1.29, 1.82) is 0 Å². The summed E-state index contributed by atoms with van der Waals surface area (Å²) in [5.74, 6) is -1.13. The highest BCUT2D eigenvalue weighted by Gasteiger charge is 2.24. The third kappa shape index (κ3) is 4.87. The molecule has 1 saturated carbocycles. The van der Waals surface area contributed by atoms with E-state index in [0.29, 0.717) is 0 Å². The van der Waals surface area contributed by atoms with Gasteiger partial charge in [-0.2, -0.15) is 0 Å². The topological polar surface area (TPSA) is 88.8 Å². The van der Waals surface area contributed by atoms with E-state index in [2.05, 4.69) is 5.32 Å². The van der Waals surface area contributed by atoms with Crippen molar-refractivity contribution in [2.75, 3.05) is 20.2 Å². The first kappa shape index (κ1) is 18.9. The van der Waals surface area contributed by atoms with Gasteiger partial charge >= 0.3 is 5.97 Å². The Labute approximate surface area is 157 Å². The van der Waals surface area contributed by atoms with Gasteiger partial charge in [-0.1, -0.05) is 0 Å². The van der Waals surface area contributed by atoms with Crippen molar-refractivity contribution in [2.45, 2.75) is 39.2 Å². The zero-order chi connectivity index (χ0) is 19.6. The number of likely N-dealkylation sites (N-methyl/N-ethyl adjacent to an activating group) is 1. The van der Waals surface area contributed by atoms with Crippen molar-refractivity contribution in [1.82, 2.24) is 10.2 Å². The van der Waals surface area contributed by atoms with E-state index in [1.165, 1.54) is 11.9 Å². The highest BCUT2D eigenvalue weighted by molar-refractivity contribution is 5.89. The smallest absolute Gasteiger partial charge is 0.310 e. The molecule has 2 amide bonds. The predicted molar refractivity (Wildman–Crippen MR) is 99.2 cm³/mol. The van der Waals surface area contributed by atoms with E-state index in [1.54, 1.807) is 6.26 Å². The van der Waals surface area contributed by atoms with Crippen LogP contribution in [0.15, 0.2) is 22.8 Å². The highest BCUT2D eigenvalue weighted by atomic mass is 16.5. The lowest BCUT2D eigenvalue weighted by Crippen LogP contribution is -2.40. The Morgan fingerprint density at radius 1 is 1.22 bits per heavy atom. The number of nitrogens with zero attached hydrogens (tertiary/aromatic N) is 1.